The second-order valence-corrected chi connectivity index (χ2v) is 4.67. The fourth-order valence-electron chi connectivity index (χ4n) is 1.65. The van der Waals surface area contributed by atoms with E-state index < -0.39 is 0 Å². The zero-order chi connectivity index (χ0) is 11.5. The summed E-state index contributed by atoms with van der Waals surface area (Å²) in [5.74, 6) is 1.03. The zero-order valence-corrected chi connectivity index (χ0v) is 10.4. The van der Waals surface area contributed by atoms with E-state index >= 15 is 0 Å². The number of hydrogen-bond donors (Lipinski definition) is 1. The van der Waals surface area contributed by atoms with Gasteiger partial charge in [-0.1, -0.05) is 0 Å². The summed E-state index contributed by atoms with van der Waals surface area (Å²) in [7, 11) is 6.21. The second-order valence-electron chi connectivity index (χ2n) is 4.67. The molecule has 1 rings (SSSR count). The Morgan fingerprint density at radius 2 is 2.13 bits per heavy atom. The number of nitrogens with zero attached hydrogens (tertiary/aromatic N) is 1. The molecule has 1 atom stereocenters. The molecular weight excluding hydrogens is 188 g/mol. The highest BCUT2D eigenvalue weighted by molar-refractivity contribution is 5.04. The van der Waals surface area contributed by atoms with Gasteiger partial charge in [-0.25, -0.2) is 0 Å². The Kier molecular flexibility index (Phi) is 3.94. The predicted octanol–water partition coefficient (Wildman–Crippen LogP) is 1.75. The van der Waals surface area contributed by atoms with Gasteiger partial charge in [0.25, 0.3) is 0 Å². The molecule has 0 bridgehead atoms. The summed E-state index contributed by atoms with van der Waals surface area (Å²) in [6.07, 6.45) is 2.64. The quantitative estimate of drug-likeness (QED) is 0.802. The van der Waals surface area contributed by atoms with E-state index in [2.05, 4.69) is 38.2 Å². The number of rotatable bonds is 5. The summed E-state index contributed by atoms with van der Waals surface area (Å²) in [5.41, 5.74) is 0.0988. The van der Waals surface area contributed by atoms with Gasteiger partial charge >= 0.3 is 0 Å². The molecule has 1 heterocycles. The fraction of sp³-hybridized carbons (Fsp3) is 0.667. The number of likely N-dealkylation sites (N-methyl/N-ethyl adjacent to an activating group) is 2. The van der Waals surface area contributed by atoms with Crippen LogP contribution in [0, 0.1) is 0 Å². The molecule has 3 heteroatoms. The topological polar surface area (TPSA) is 28.4 Å². The van der Waals surface area contributed by atoms with Crippen LogP contribution < -0.4 is 5.32 Å². The summed E-state index contributed by atoms with van der Waals surface area (Å²) in [6.45, 7) is 4.47. The van der Waals surface area contributed by atoms with Crippen molar-refractivity contribution in [3.8, 4) is 0 Å². The van der Waals surface area contributed by atoms with E-state index in [1.807, 2.05) is 19.2 Å². The van der Waals surface area contributed by atoms with Gasteiger partial charge in [-0.2, -0.15) is 0 Å². The molecule has 3 nitrogen and oxygen atoms in total. The SMILES string of the molecule is CNC(Cc1ccco1)C(C)(C)N(C)C. The molecule has 0 saturated heterocycles. The van der Waals surface area contributed by atoms with Gasteiger partial charge in [0.2, 0.25) is 0 Å². The molecule has 0 amide bonds. The first kappa shape index (κ1) is 12.3. The van der Waals surface area contributed by atoms with Crippen molar-refractivity contribution in [1.82, 2.24) is 10.2 Å². The van der Waals surface area contributed by atoms with Crippen LogP contribution in [-0.2, 0) is 6.42 Å². The van der Waals surface area contributed by atoms with Gasteiger partial charge in [0, 0.05) is 18.0 Å². The second kappa shape index (κ2) is 4.81. The first-order chi connectivity index (χ1) is 6.98. The van der Waals surface area contributed by atoms with Crippen molar-refractivity contribution in [2.24, 2.45) is 0 Å². The Balaban J connectivity index is 2.71. The van der Waals surface area contributed by atoms with E-state index in [4.69, 9.17) is 4.42 Å². The largest absolute Gasteiger partial charge is 0.469 e. The number of furan rings is 1. The van der Waals surface area contributed by atoms with Gasteiger partial charge in [-0.15, -0.1) is 0 Å². The first-order valence-electron chi connectivity index (χ1n) is 5.35. The molecule has 0 spiro atoms. The molecule has 86 valence electrons. The van der Waals surface area contributed by atoms with Crippen molar-refractivity contribution >= 4 is 0 Å². The average Bonchev–Trinajstić information content (AvgIpc) is 2.65. The minimum Gasteiger partial charge on any atom is -0.469 e. The molecule has 0 fully saturated rings. The van der Waals surface area contributed by atoms with Crippen LogP contribution in [0.15, 0.2) is 22.8 Å². The van der Waals surface area contributed by atoms with Crippen LogP contribution in [0.1, 0.15) is 19.6 Å². The van der Waals surface area contributed by atoms with Crippen LogP contribution in [0.5, 0.6) is 0 Å². The molecule has 0 aliphatic carbocycles. The highest BCUT2D eigenvalue weighted by Gasteiger charge is 2.30. The molecule has 0 saturated carbocycles. The third kappa shape index (κ3) is 2.83. The zero-order valence-electron chi connectivity index (χ0n) is 10.4. The standard InChI is InChI=1S/C12H22N2O/c1-12(2,14(4)5)11(13-3)9-10-7-6-8-15-10/h6-8,11,13H,9H2,1-5H3. The van der Waals surface area contributed by atoms with E-state index in [1.165, 1.54) is 0 Å². The van der Waals surface area contributed by atoms with E-state index in [-0.39, 0.29) is 5.54 Å². The van der Waals surface area contributed by atoms with Crippen molar-refractivity contribution in [2.75, 3.05) is 21.1 Å². The number of hydrogen-bond acceptors (Lipinski definition) is 3. The van der Waals surface area contributed by atoms with E-state index in [0.717, 1.165) is 12.2 Å². The molecule has 1 N–H and O–H groups in total. The minimum atomic E-state index is 0.0988. The van der Waals surface area contributed by atoms with E-state index in [0.29, 0.717) is 6.04 Å². The van der Waals surface area contributed by atoms with Crippen molar-refractivity contribution in [2.45, 2.75) is 31.8 Å². The maximum Gasteiger partial charge on any atom is 0.105 e. The van der Waals surface area contributed by atoms with Crippen molar-refractivity contribution < 1.29 is 4.42 Å². The van der Waals surface area contributed by atoms with Gasteiger partial charge in [0.1, 0.15) is 5.76 Å². The molecular formula is C12H22N2O. The summed E-state index contributed by atoms with van der Waals surface area (Å²) >= 11 is 0. The molecule has 0 aliphatic rings. The van der Waals surface area contributed by atoms with Gasteiger partial charge in [0.15, 0.2) is 0 Å². The molecule has 0 radical (unpaired) electrons. The lowest BCUT2D eigenvalue weighted by Gasteiger charge is -2.39. The predicted molar refractivity (Wildman–Crippen MR) is 63.0 cm³/mol. The average molecular weight is 210 g/mol. The van der Waals surface area contributed by atoms with Gasteiger partial charge in [0.05, 0.1) is 6.26 Å². The summed E-state index contributed by atoms with van der Waals surface area (Å²) < 4.78 is 5.38. The Morgan fingerprint density at radius 1 is 1.47 bits per heavy atom. The van der Waals surface area contributed by atoms with Gasteiger partial charge in [-0.05, 0) is 47.1 Å². The Hall–Kier alpha value is -0.800. The van der Waals surface area contributed by atoms with Crippen LogP contribution in [0.4, 0.5) is 0 Å². The summed E-state index contributed by atoms with van der Waals surface area (Å²) in [6, 6.07) is 4.33. The summed E-state index contributed by atoms with van der Waals surface area (Å²) in [4.78, 5) is 2.23. The molecule has 0 aliphatic heterocycles. The molecule has 15 heavy (non-hydrogen) atoms. The lowest BCUT2D eigenvalue weighted by Crippen LogP contribution is -2.55. The van der Waals surface area contributed by atoms with Crippen LogP contribution >= 0.6 is 0 Å². The normalized spacial score (nSPS) is 14.5. The lowest BCUT2D eigenvalue weighted by atomic mass is 9.90. The first-order valence-corrected chi connectivity index (χ1v) is 5.35. The molecule has 1 unspecified atom stereocenters. The fourth-order valence-corrected chi connectivity index (χ4v) is 1.65. The summed E-state index contributed by atoms with van der Waals surface area (Å²) in [5, 5.41) is 3.36. The van der Waals surface area contributed by atoms with Gasteiger partial charge in [-0.3, -0.25) is 0 Å². The van der Waals surface area contributed by atoms with Crippen LogP contribution in [0.25, 0.3) is 0 Å². The maximum atomic E-state index is 5.38. The highest BCUT2D eigenvalue weighted by atomic mass is 16.3. The Morgan fingerprint density at radius 3 is 2.53 bits per heavy atom. The van der Waals surface area contributed by atoms with E-state index in [1.54, 1.807) is 6.26 Å². The third-order valence-corrected chi connectivity index (χ3v) is 3.34. The van der Waals surface area contributed by atoms with Crippen molar-refractivity contribution in [3.05, 3.63) is 24.2 Å². The van der Waals surface area contributed by atoms with Crippen molar-refractivity contribution in [1.29, 1.82) is 0 Å². The molecule has 1 aromatic heterocycles. The highest BCUT2D eigenvalue weighted by Crippen LogP contribution is 2.19. The van der Waals surface area contributed by atoms with Crippen LogP contribution in [0.2, 0.25) is 0 Å². The van der Waals surface area contributed by atoms with Crippen LogP contribution in [0.3, 0.4) is 0 Å². The van der Waals surface area contributed by atoms with Gasteiger partial charge < -0.3 is 14.6 Å². The monoisotopic (exact) mass is 210 g/mol. The van der Waals surface area contributed by atoms with E-state index in [9.17, 15) is 0 Å². The Labute approximate surface area is 92.5 Å². The molecule has 1 aromatic rings. The van der Waals surface area contributed by atoms with Crippen molar-refractivity contribution in [3.63, 3.8) is 0 Å². The Bertz CT molecular complexity index is 278. The number of nitrogens with one attached hydrogen (secondary N) is 1. The maximum absolute atomic E-state index is 5.38. The molecule has 0 aromatic carbocycles. The lowest BCUT2D eigenvalue weighted by molar-refractivity contribution is 0.138. The third-order valence-electron chi connectivity index (χ3n) is 3.34. The smallest absolute Gasteiger partial charge is 0.105 e. The minimum absolute atomic E-state index is 0.0988. The van der Waals surface area contributed by atoms with Crippen LogP contribution in [-0.4, -0.2) is 37.6 Å².